The first-order valence-electron chi connectivity index (χ1n) is 9.34. The minimum atomic E-state index is -3.27. The van der Waals surface area contributed by atoms with E-state index in [0.29, 0.717) is 22.4 Å². The van der Waals surface area contributed by atoms with Gasteiger partial charge in [-0.05, 0) is 43.5 Å². The molecular weight excluding hydrogens is 390 g/mol. The normalized spacial score (nSPS) is 13.1. The van der Waals surface area contributed by atoms with Crippen LogP contribution in [-0.2, 0) is 9.84 Å². The largest absolute Gasteiger partial charge is 0.336 e. The van der Waals surface area contributed by atoms with Gasteiger partial charge < -0.3 is 9.42 Å². The van der Waals surface area contributed by atoms with Gasteiger partial charge in [0, 0.05) is 19.0 Å². The second kappa shape index (κ2) is 7.59. The Hall–Kier alpha value is -2.74. The second-order valence-corrected chi connectivity index (χ2v) is 9.65. The van der Waals surface area contributed by atoms with Gasteiger partial charge in [0.25, 0.3) is 11.6 Å². The van der Waals surface area contributed by atoms with E-state index in [1.807, 2.05) is 20.8 Å². The molecule has 8 heteroatoms. The molecule has 0 saturated heterocycles. The number of nitrogens with zero attached hydrogens (tertiary/aromatic N) is 3. The Morgan fingerprint density at radius 2 is 1.76 bits per heavy atom. The Morgan fingerprint density at radius 3 is 2.31 bits per heavy atom. The molecule has 1 aromatic carbocycles. The molecule has 0 aliphatic rings. The van der Waals surface area contributed by atoms with Crippen molar-refractivity contribution in [3.05, 3.63) is 52.8 Å². The molecule has 0 unspecified atom stereocenters. The standard InChI is InChI=1S/C21H25N3O4S/c1-12(2)18-11-17(19-13(3)23-28-20(19)22-18)21(25)24(5)14(4)15-7-9-16(10-8-15)29(6,26)27/h7-12,14H,1-6H3/t14-/m0/s1. The molecule has 0 aliphatic heterocycles. The highest BCUT2D eigenvalue weighted by molar-refractivity contribution is 7.90. The topological polar surface area (TPSA) is 93.4 Å². The molecular formula is C21H25N3O4S. The Bertz CT molecular complexity index is 1160. The van der Waals surface area contributed by atoms with Gasteiger partial charge in [0.2, 0.25) is 0 Å². The Balaban J connectivity index is 1.98. The fraction of sp³-hybridized carbons (Fsp3) is 0.381. The number of hydrogen-bond donors (Lipinski definition) is 0. The van der Waals surface area contributed by atoms with E-state index >= 15 is 0 Å². The molecule has 3 rings (SSSR count). The van der Waals surface area contributed by atoms with Crippen molar-refractivity contribution in [2.45, 2.75) is 44.6 Å². The highest BCUT2D eigenvalue weighted by Gasteiger charge is 2.25. The highest BCUT2D eigenvalue weighted by atomic mass is 32.2. The van der Waals surface area contributed by atoms with Crippen molar-refractivity contribution in [1.29, 1.82) is 0 Å². The number of rotatable bonds is 5. The molecule has 1 atom stereocenters. The fourth-order valence-corrected chi connectivity index (χ4v) is 3.79. The molecule has 2 heterocycles. The molecule has 3 aromatic rings. The van der Waals surface area contributed by atoms with Crippen molar-refractivity contribution in [2.75, 3.05) is 13.3 Å². The zero-order valence-corrected chi connectivity index (χ0v) is 18.2. The lowest BCUT2D eigenvalue weighted by atomic mass is 10.0. The van der Waals surface area contributed by atoms with E-state index in [9.17, 15) is 13.2 Å². The van der Waals surface area contributed by atoms with E-state index in [0.717, 1.165) is 11.3 Å². The van der Waals surface area contributed by atoms with Crippen LogP contribution in [0.5, 0.6) is 0 Å². The van der Waals surface area contributed by atoms with E-state index in [2.05, 4.69) is 10.1 Å². The number of benzene rings is 1. The summed E-state index contributed by atoms with van der Waals surface area (Å²) < 4.78 is 28.7. The lowest BCUT2D eigenvalue weighted by Crippen LogP contribution is -2.30. The van der Waals surface area contributed by atoms with Gasteiger partial charge in [-0.25, -0.2) is 13.4 Å². The summed E-state index contributed by atoms with van der Waals surface area (Å²) in [7, 11) is -1.54. The third-order valence-corrected chi connectivity index (χ3v) is 6.28. The summed E-state index contributed by atoms with van der Waals surface area (Å²) in [5.74, 6) is -0.0482. The van der Waals surface area contributed by atoms with Crippen molar-refractivity contribution < 1.29 is 17.7 Å². The van der Waals surface area contributed by atoms with Gasteiger partial charge in [-0.15, -0.1) is 0 Å². The quantitative estimate of drug-likeness (QED) is 0.627. The summed E-state index contributed by atoms with van der Waals surface area (Å²) in [5, 5.41) is 4.59. The third-order valence-electron chi connectivity index (χ3n) is 5.15. The number of sulfone groups is 1. The molecule has 2 aromatic heterocycles. The number of carbonyl (C=O) groups is 1. The number of amides is 1. The predicted octanol–water partition coefficient (Wildman–Crippen LogP) is 3.89. The van der Waals surface area contributed by atoms with Crippen LogP contribution in [0.4, 0.5) is 0 Å². The number of fused-ring (bicyclic) bond motifs is 1. The second-order valence-electron chi connectivity index (χ2n) is 7.63. The van der Waals surface area contributed by atoms with Crippen LogP contribution in [0.15, 0.2) is 39.8 Å². The summed E-state index contributed by atoms with van der Waals surface area (Å²) in [6, 6.07) is 8.13. The molecule has 1 amide bonds. The molecule has 0 N–H and O–H groups in total. The van der Waals surface area contributed by atoms with Crippen LogP contribution in [0.1, 0.15) is 60.0 Å². The zero-order valence-electron chi connectivity index (χ0n) is 17.4. The Morgan fingerprint density at radius 1 is 1.14 bits per heavy atom. The molecule has 0 saturated carbocycles. The summed E-state index contributed by atoms with van der Waals surface area (Å²) >= 11 is 0. The Labute approximate surface area is 170 Å². The minimum Gasteiger partial charge on any atom is -0.336 e. The maximum absolute atomic E-state index is 13.4. The fourth-order valence-electron chi connectivity index (χ4n) is 3.16. The van der Waals surface area contributed by atoms with Crippen molar-refractivity contribution in [2.24, 2.45) is 0 Å². The average molecular weight is 416 g/mol. The maximum Gasteiger partial charge on any atom is 0.259 e. The van der Waals surface area contributed by atoms with Crippen molar-refractivity contribution in [3.63, 3.8) is 0 Å². The van der Waals surface area contributed by atoms with E-state index in [-0.39, 0.29) is 22.8 Å². The summed E-state index contributed by atoms with van der Waals surface area (Å²) in [5.41, 5.74) is 3.07. The molecule has 0 bridgehead atoms. The highest BCUT2D eigenvalue weighted by Crippen LogP contribution is 2.28. The first kappa shape index (κ1) is 21.0. The Kier molecular flexibility index (Phi) is 5.49. The van der Waals surface area contributed by atoms with E-state index in [4.69, 9.17) is 4.52 Å². The van der Waals surface area contributed by atoms with Crippen LogP contribution in [0.25, 0.3) is 11.1 Å². The van der Waals surface area contributed by atoms with E-state index in [1.54, 1.807) is 49.2 Å². The summed E-state index contributed by atoms with van der Waals surface area (Å²) in [6.45, 7) is 7.69. The zero-order chi connectivity index (χ0) is 21.5. The molecule has 0 spiro atoms. The van der Waals surface area contributed by atoms with Crippen LogP contribution in [0.3, 0.4) is 0 Å². The van der Waals surface area contributed by atoms with Gasteiger partial charge in [0.05, 0.1) is 27.6 Å². The van der Waals surface area contributed by atoms with Crippen LogP contribution in [-0.4, -0.2) is 42.7 Å². The van der Waals surface area contributed by atoms with Gasteiger partial charge >= 0.3 is 0 Å². The van der Waals surface area contributed by atoms with Crippen LogP contribution < -0.4 is 0 Å². The lowest BCUT2D eigenvalue weighted by molar-refractivity contribution is 0.0744. The number of aromatic nitrogens is 2. The van der Waals surface area contributed by atoms with Crippen LogP contribution in [0, 0.1) is 6.92 Å². The third kappa shape index (κ3) is 4.03. The molecule has 0 aliphatic carbocycles. The van der Waals surface area contributed by atoms with Gasteiger partial charge in [-0.3, -0.25) is 4.79 Å². The molecule has 0 fully saturated rings. The van der Waals surface area contributed by atoms with Crippen LogP contribution in [0.2, 0.25) is 0 Å². The molecule has 154 valence electrons. The van der Waals surface area contributed by atoms with Crippen LogP contribution >= 0.6 is 0 Å². The first-order chi connectivity index (χ1) is 13.5. The van der Waals surface area contributed by atoms with E-state index < -0.39 is 9.84 Å². The van der Waals surface area contributed by atoms with Crippen molar-refractivity contribution in [3.8, 4) is 0 Å². The SMILES string of the molecule is Cc1noc2nc(C(C)C)cc(C(=O)N(C)[C@@H](C)c3ccc(S(C)(=O)=O)cc3)c12. The van der Waals surface area contributed by atoms with Gasteiger partial charge in [0.15, 0.2) is 9.84 Å². The van der Waals surface area contributed by atoms with Crippen molar-refractivity contribution in [1.82, 2.24) is 15.0 Å². The smallest absolute Gasteiger partial charge is 0.259 e. The van der Waals surface area contributed by atoms with E-state index in [1.165, 1.54) is 6.26 Å². The molecule has 29 heavy (non-hydrogen) atoms. The first-order valence-corrected chi connectivity index (χ1v) is 11.2. The van der Waals surface area contributed by atoms with Gasteiger partial charge in [-0.1, -0.05) is 31.1 Å². The monoisotopic (exact) mass is 415 g/mol. The maximum atomic E-state index is 13.4. The predicted molar refractivity (Wildman–Crippen MR) is 111 cm³/mol. The number of hydrogen-bond acceptors (Lipinski definition) is 6. The minimum absolute atomic E-state index is 0.127. The number of pyridine rings is 1. The number of aryl methyl sites for hydroxylation is 1. The lowest BCUT2D eigenvalue weighted by Gasteiger charge is -2.26. The van der Waals surface area contributed by atoms with Gasteiger partial charge in [0.1, 0.15) is 0 Å². The summed E-state index contributed by atoms with van der Waals surface area (Å²) in [4.78, 5) is 19.7. The summed E-state index contributed by atoms with van der Waals surface area (Å²) in [6.07, 6.45) is 1.17. The van der Waals surface area contributed by atoms with Gasteiger partial charge in [-0.2, -0.15) is 0 Å². The number of carbonyl (C=O) groups excluding carboxylic acids is 1. The van der Waals surface area contributed by atoms with Crippen molar-refractivity contribution >= 4 is 26.8 Å². The average Bonchev–Trinajstić information content (AvgIpc) is 3.06. The molecule has 0 radical (unpaired) electrons. The molecule has 7 nitrogen and oxygen atoms in total.